The Labute approximate surface area is 136 Å². The summed E-state index contributed by atoms with van der Waals surface area (Å²) < 4.78 is 23.2. The van der Waals surface area contributed by atoms with Crippen LogP contribution < -0.4 is 4.90 Å². The van der Waals surface area contributed by atoms with E-state index in [0.29, 0.717) is 16.3 Å². The maximum atomic E-state index is 11.6. The van der Waals surface area contributed by atoms with Crippen LogP contribution in [0.3, 0.4) is 0 Å². The largest absolute Gasteiger partial charge is 0.367 e. The van der Waals surface area contributed by atoms with Crippen molar-refractivity contribution in [3.05, 3.63) is 28.8 Å². The van der Waals surface area contributed by atoms with Gasteiger partial charge in [0.25, 0.3) is 0 Å². The fourth-order valence-electron chi connectivity index (χ4n) is 3.30. The first-order chi connectivity index (χ1) is 10.5. The minimum atomic E-state index is -2.85. The van der Waals surface area contributed by atoms with E-state index in [1.54, 1.807) is 18.2 Å². The molecule has 0 radical (unpaired) electrons. The molecule has 0 unspecified atom stereocenters. The maximum Gasteiger partial charge on any atom is 0.151 e. The van der Waals surface area contributed by atoms with Gasteiger partial charge in [-0.2, -0.15) is 5.26 Å². The Balaban J connectivity index is 1.69. The molecule has 0 spiro atoms. The topological polar surface area (TPSA) is 64.4 Å². The van der Waals surface area contributed by atoms with Crippen molar-refractivity contribution >= 4 is 27.1 Å². The summed E-state index contributed by atoms with van der Waals surface area (Å²) >= 11 is 6.26. The predicted molar refractivity (Wildman–Crippen MR) is 87.0 cm³/mol. The summed E-state index contributed by atoms with van der Waals surface area (Å²) in [4.78, 5) is 4.38. The first kappa shape index (κ1) is 15.6. The van der Waals surface area contributed by atoms with Gasteiger partial charge in [-0.25, -0.2) is 8.42 Å². The smallest absolute Gasteiger partial charge is 0.151 e. The van der Waals surface area contributed by atoms with E-state index in [9.17, 15) is 13.7 Å². The van der Waals surface area contributed by atoms with Crippen molar-refractivity contribution in [2.75, 3.05) is 42.6 Å². The van der Waals surface area contributed by atoms with E-state index < -0.39 is 9.84 Å². The van der Waals surface area contributed by atoms with E-state index in [0.717, 1.165) is 38.3 Å². The van der Waals surface area contributed by atoms with Crippen LogP contribution in [0, 0.1) is 11.3 Å². The zero-order valence-electron chi connectivity index (χ0n) is 12.2. The maximum absolute atomic E-state index is 11.6. The predicted octanol–water partition coefficient (Wildman–Crippen LogP) is 1.52. The number of sulfone groups is 1. The molecule has 3 rings (SSSR count). The van der Waals surface area contributed by atoms with E-state index in [4.69, 9.17) is 11.6 Å². The number of anilines is 1. The van der Waals surface area contributed by atoms with Crippen LogP contribution in [-0.4, -0.2) is 57.0 Å². The zero-order valence-corrected chi connectivity index (χ0v) is 13.8. The van der Waals surface area contributed by atoms with Crippen LogP contribution in [0.2, 0.25) is 5.02 Å². The van der Waals surface area contributed by atoms with Crippen molar-refractivity contribution in [2.45, 2.75) is 12.5 Å². The molecule has 1 aromatic carbocycles. The Kier molecular flexibility index (Phi) is 4.31. The molecule has 1 aromatic rings. The molecular formula is C15H18ClN3O2S. The van der Waals surface area contributed by atoms with Gasteiger partial charge in [-0.3, -0.25) is 4.90 Å². The molecule has 2 heterocycles. The van der Waals surface area contributed by atoms with E-state index >= 15 is 0 Å². The number of hydrogen-bond donors (Lipinski definition) is 0. The van der Waals surface area contributed by atoms with Gasteiger partial charge in [0.2, 0.25) is 0 Å². The summed E-state index contributed by atoms with van der Waals surface area (Å²) in [7, 11) is -2.85. The lowest BCUT2D eigenvalue weighted by atomic mass is 10.1. The van der Waals surface area contributed by atoms with Crippen LogP contribution in [0.4, 0.5) is 5.69 Å². The molecule has 0 aromatic heterocycles. The molecule has 0 N–H and O–H groups in total. The fourth-order valence-corrected chi connectivity index (χ4v) is 5.36. The van der Waals surface area contributed by atoms with Crippen LogP contribution >= 0.6 is 11.6 Å². The van der Waals surface area contributed by atoms with Crippen molar-refractivity contribution in [1.82, 2.24) is 4.90 Å². The highest BCUT2D eigenvalue weighted by Crippen LogP contribution is 2.31. The number of nitrogens with zero attached hydrogens (tertiary/aromatic N) is 3. The Hall–Kier alpha value is -1.29. The van der Waals surface area contributed by atoms with E-state index in [2.05, 4.69) is 15.9 Å². The summed E-state index contributed by atoms with van der Waals surface area (Å²) in [5.74, 6) is 0.587. The Morgan fingerprint density at radius 3 is 2.55 bits per heavy atom. The molecule has 2 aliphatic heterocycles. The van der Waals surface area contributed by atoms with Crippen molar-refractivity contribution in [3.8, 4) is 6.07 Å². The van der Waals surface area contributed by atoms with E-state index in [1.807, 2.05) is 0 Å². The number of para-hydroxylation sites is 1. The molecule has 118 valence electrons. The molecule has 2 fully saturated rings. The summed E-state index contributed by atoms with van der Waals surface area (Å²) in [6.45, 7) is 3.12. The van der Waals surface area contributed by atoms with Gasteiger partial charge in [0.1, 0.15) is 6.07 Å². The Morgan fingerprint density at radius 2 is 1.95 bits per heavy atom. The normalized spacial score (nSPS) is 25.1. The van der Waals surface area contributed by atoms with E-state index in [-0.39, 0.29) is 11.8 Å². The highest BCUT2D eigenvalue weighted by atomic mass is 35.5. The van der Waals surface area contributed by atoms with Gasteiger partial charge in [0.05, 0.1) is 27.8 Å². The molecule has 7 heteroatoms. The van der Waals surface area contributed by atoms with Crippen LogP contribution in [-0.2, 0) is 9.84 Å². The quantitative estimate of drug-likeness (QED) is 0.817. The molecule has 0 aliphatic carbocycles. The number of nitriles is 1. The average molecular weight is 340 g/mol. The Bertz CT molecular complexity index is 706. The number of hydrogen-bond acceptors (Lipinski definition) is 5. The third kappa shape index (κ3) is 3.07. The standard InChI is InChI=1S/C15H18ClN3O2S/c16-14-3-1-2-12(10-17)15(14)19-7-5-18(6-8-19)13-4-9-22(20,21)11-13/h1-3,13H,4-9,11H2/t13-/m0/s1. The highest BCUT2D eigenvalue weighted by molar-refractivity contribution is 7.91. The number of halogens is 1. The lowest BCUT2D eigenvalue weighted by Crippen LogP contribution is -2.51. The van der Waals surface area contributed by atoms with Crippen LogP contribution in [0.15, 0.2) is 18.2 Å². The van der Waals surface area contributed by atoms with Crippen LogP contribution in [0.5, 0.6) is 0 Å². The molecule has 1 atom stereocenters. The number of benzene rings is 1. The molecule has 0 amide bonds. The lowest BCUT2D eigenvalue weighted by Gasteiger charge is -2.39. The minimum Gasteiger partial charge on any atom is -0.367 e. The van der Waals surface area contributed by atoms with Crippen LogP contribution in [0.25, 0.3) is 0 Å². The summed E-state index contributed by atoms with van der Waals surface area (Å²) in [6, 6.07) is 7.69. The second-order valence-electron chi connectivity index (χ2n) is 5.83. The second kappa shape index (κ2) is 6.07. The molecule has 0 bridgehead atoms. The van der Waals surface area contributed by atoms with E-state index in [1.165, 1.54) is 0 Å². The van der Waals surface area contributed by atoms with Crippen molar-refractivity contribution in [1.29, 1.82) is 5.26 Å². The number of piperazine rings is 1. The van der Waals surface area contributed by atoms with Gasteiger partial charge in [0.15, 0.2) is 9.84 Å². The zero-order chi connectivity index (χ0) is 15.7. The third-order valence-electron chi connectivity index (χ3n) is 4.46. The molecule has 5 nitrogen and oxygen atoms in total. The fraction of sp³-hybridized carbons (Fsp3) is 0.533. The first-order valence-electron chi connectivity index (χ1n) is 7.38. The third-order valence-corrected chi connectivity index (χ3v) is 6.52. The lowest BCUT2D eigenvalue weighted by molar-refractivity contribution is 0.200. The van der Waals surface area contributed by atoms with Crippen molar-refractivity contribution < 1.29 is 8.42 Å². The molecule has 2 aliphatic rings. The summed E-state index contributed by atoms with van der Waals surface area (Å²) in [5.41, 5.74) is 1.38. The molecule has 0 saturated carbocycles. The van der Waals surface area contributed by atoms with Gasteiger partial charge in [0, 0.05) is 32.2 Å². The molecule has 22 heavy (non-hydrogen) atoms. The van der Waals surface area contributed by atoms with Crippen molar-refractivity contribution in [2.24, 2.45) is 0 Å². The summed E-state index contributed by atoms with van der Waals surface area (Å²) in [6.07, 6.45) is 0.734. The van der Waals surface area contributed by atoms with Gasteiger partial charge in [-0.1, -0.05) is 17.7 Å². The minimum absolute atomic E-state index is 0.147. The van der Waals surface area contributed by atoms with Gasteiger partial charge < -0.3 is 4.90 Å². The van der Waals surface area contributed by atoms with Gasteiger partial charge >= 0.3 is 0 Å². The van der Waals surface area contributed by atoms with Crippen molar-refractivity contribution in [3.63, 3.8) is 0 Å². The first-order valence-corrected chi connectivity index (χ1v) is 9.58. The summed E-state index contributed by atoms with van der Waals surface area (Å²) in [5, 5.41) is 9.84. The second-order valence-corrected chi connectivity index (χ2v) is 8.46. The molecule has 2 saturated heterocycles. The number of rotatable bonds is 2. The highest BCUT2D eigenvalue weighted by Gasteiger charge is 2.34. The average Bonchev–Trinajstić information content (AvgIpc) is 2.87. The van der Waals surface area contributed by atoms with Gasteiger partial charge in [-0.05, 0) is 18.6 Å². The molecular weight excluding hydrogens is 322 g/mol. The SMILES string of the molecule is N#Cc1cccc(Cl)c1N1CCN([C@H]2CCS(=O)(=O)C2)CC1. The van der Waals surface area contributed by atoms with Gasteiger partial charge in [-0.15, -0.1) is 0 Å². The monoisotopic (exact) mass is 339 g/mol. The Morgan fingerprint density at radius 1 is 1.23 bits per heavy atom. The van der Waals surface area contributed by atoms with Crippen LogP contribution in [0.1, 0.15) is 12.0 Å².